The van der Waals surface area contributed by atoms with Gasteiger partial charge in [-0.15, -0.1) is 0 Å². The molecule has 0 saturated carbocycles. The lowest BCUT2D eigenvalue weighted by molar-refractivity contribution is -0.158. The predicted molar refractivity (Wildman–Crippen MR) is 144 cm³/mol. The van der Waals surface area contributed by atoms with Crippen LogP contribution in [0.5, 0.6) is 0 Å². The van der Waals surface area contributed by atoms with Crippen molar-refractivity contribution in [3.05, 3.63) is 48.5 Å². The van der Waals surface area contributed by atoms with E-state index < -0.39 is 35.7 Å². The van der Waals surface area contributed by atoms with Gasteiger partial charge in [0, 0.05) is 0 Å². The first-order valence-electron chi connectivity index (χ1n) is 11.8. The molecule has 188 valence electrons. The molecule has 0 aliphatic rings. The summed E-state index contributed by atoms with van der Waals surface area (Å²) in [6.45, 7) is 20.5. The van der Waals surface area contributed by atoms with E-state index in [0.717, 1.165) is 11.1 Å². The molecule has 0 bridgehead atoms. The zero-order valence-corrected chi connectivity index (χ0v) is 24.1. The average Bonchev–Trinajstić information content (AvgIpc) is 2.70. The van der Waals surface area contributed by atoms with Crippen LogP contribution < -0.4 is 9.91 Å². The number of esters is 1. The second-order valence-electron chi connectivity index (χ2n) is 11.9. The molecule has 0 amide bonds. The van der Waals surface area contributed by atoms with Crippen LogP contribution in [0.3, 0.4) is 0 Å². The van der Waals surface area contributed by atoms with Crippen LogP contribution >= 0.6 is 0 Å². The molecule has 0 heterocycles. The van der Waals surface area contributed by atoms with Crippen molar-refractivity contribution in [2.75, 3.05) is 0 Å². The number of carbonyl (C=O) groups excluding carboxylic acids is 1. The Balaban J connectivity index is 2.25. The minimum Gasteiger partial charge on any atom is -0.459 e. The monoisotopic (exact) mass is 503 g/mol. The smallest absolute Gasteiger partial charge is 0.324 e. The second kappa shape index (κ2) is 9.95. The van der Waals surface area contributed by atoms with Crippen molar-refractivity contribution in [1.29, 1.82) is 0 Å². The van der Waals surface area contributed by atoms with E-state index in [1.165, 1.54) is 5.19 Å². The first-order valence-corrected chi connectivity index (χ1v) is 16.3. The summed E-state index contributed by atoms with van der Waals surface area (Å²) in [4.78, 5) is 12.7. The fraction of sp³-hybridized carbons (Fsp3) is 0.519. The van der Waals surface area contributed by atoms with Crippen LogP contribution in [0.2, 0.25) is 18.1 Å². The third-order valence-electron chi connectivity index (χ3n) is 6.59. The molecule has 0 saturated heterocycles. The quantitative estimate of drug-likeness (QED) is 0.388. The molecular formula is C27H41NO4SSi. The van der Waals surface area contributed by atoms with Gasteiger partial charge in [-0.3, -0.25) is 4.79 Å². The zero-order chi connectivity index (χ0) is 26.1. The number of hydrogen-bond acceptors (Lipinski definition) is 4. The molecule has 34 heavy (non-hydrogen) atoms. The van der Waals surface area contributed by atoms with Crippen LogP contribution in [-0.4, -0.2) is 34.1 Å². The fourth-order valence-electron chi connectivity index (χ4n) is 3.40. The van der Waals surface area contributed by atoms with E-state index in [1.54, 1.807) is 58.9 Å². The Morgan fingerprint density at radius 3 is 1.68 bits per heavy atom. The van der Waals surface area contributed by atoms with Crippen LogP contribution in [0.1, 0.15) is 55.4 Å². The molecule has 0 fully saturated rings. The fourth-order valence-corrected chi connectivity index (χ4v) is 6.59. The SMILES string of the molecule is CC(C)[C@@H](NS(=O)(=O)c1ccc(-c2ccc([Si](C)(C)C(C)(C)C)cc2)cc1)C(=O)OC(C)(C)C. The standard InChI is InChI=1S/C27H41NO4SSi/c1-19(2)24(25(29)32-26(3,4)5)28-33(30,31)22-15-11-20(12-16-22)21-13-17-23(18-14-21)34(9,10)27(6,7)8/h11-19,24,28H,1-10H3/t24-/m1/s1. The van der Waals surface area contributed by atoms with Gasteiger partial charge in [-0.2, -0.15) is 4.72 Å². The third kappa shape index (κ3) is 6.80. The summed E-state index contributed by atoms with van der Waals surface area (Å²) < 4.78 is 33.9. The summed E-state index contributed by atoms with van der Waals surface area (Å²) in [7, 11) is -5.51. The van der Waals surface area contributed by atoms with Crippen molar-refractivity contribution in [1.82, 2.24) is 4.72 Å². The van der Waals surface area contributed by atoms with Crippen molar-refractivity contribution in [3.8, 4) is 11.1 Å². The maximum Gasteiger partial charge on any atom is 0.324 e. The van der Waals surface area contributed by atoms with Gasteiger partial charge in [0.05, 0.1) is 13.0 Å². The van der Waals surface area contributed by atoms with Gasteiger partial charge in [0.25, 0.3) is 0 Å². The molecule has 2 aromatic rings. The Labute approximate surface area is 207 Å². The largest absolute Gasteiger partial charge is 0.459 e. The maximum absolute atomic E-state index is 13.0. The molecule has 2 rings (SSSR count). The zero-order valence-electron chi connectivity index (χ0n) is 22.3. The number of rotatable bonds is 7. The van der Waals surface area contributed by atoms with Gasteiger partial charge < -0.3 is 4.74 Å². The lowest BCUT2D eigenvalue weighted by atomic mass is 10.1. The number of nitrogens with one attached hydrogen (secondary N) is 1. The molecule has 1 atom stereocenters. The Bertz CT molecular complexity index is 1090. The minimum atomic E-state index is -3.89. The van der Waals surface area contributed by atoms with E-state index in [0.29, 0.717) is 0 Å². The molecule has 0 radical (unpaired) electrons. The first-order chi connectivity index (χ1) is 15.3. The van der Waals surface area contributed by atoms with Crippen LogP contribution in [0, 0.1) is 5.92 Å². The molecule has 0 aliphatic carbocycles. The topological polar surface area (TPSA) is 72.5 Å². The highest BCUT2D eigenvalue weighted by atomic mass is 32.2. The predicted octanol–water partition coefficient (Wildman–Crippen LogP) is 5.71. The Kier molecular flexibility index (Phi) is 8.28. The van der Waals surface area contributed by atoms with E-state index in [2.05, 4.69) is 62.9 Å². The number of benzene rings is 2. The minimum absolute atomic E-state index is 0.114. The molecule has 1 N–H and O–H groups in total. The van der Waals surface area contributed by atoms with E-state index in [-0.39, 0.29) is 15.9 Å². The van der Waals surface area contributed by atoms with Crippen LogP contribution in [-0.2, 0) is 19.6 Å². The van der Waals surface area contributed by atoms with Gasteiger partial charge in [0.15, 0.2) is 0 Å². The van der Waals surface area contributed by atoms with Crippen molar-refractivity contribution in [2.45, 2.75) is 90.1 Å². The van der Waals surface area contributed by atoms with Gasteiger partial charge in [0.2, 0.25) is 10.0 Å². The number of carbonyl (C=O) groups is 1. The second-order valence-corrected chi connectivity index (χ2v) is 18.9. The molecule has 5 nitrogen and oxygen atoms in total. The molecule has 0 aliphatic heterocycles. The lowest BCUT2D eigenvalue weighted by Gasteiger charge is -2.37. The number of hydrogen-bond donors (Lipinski definition) is 1. The van der Waals surface area contributed by atoms with Crippen molar-refractivity contribution >= 4 is 29.3 Å². The summed E-state index contributed by atoms with van der Waals surface area (Å²) in [6, 6.07) is 14.4. The maximum atomic E-state index is 13.0. The van der Waals surface area contributed by atoms with E-state index >= 15 is 0 Å². The summed E-state index contributed by atoms with van der Waals surface area (Å²) >= 11 is 0. The summed E-state index contributed by atoms with van der Waals surface area (Å²) in [6.07, 6.45) is 0. The number of sulfonamides is 1. The van der Waals surface area contributed by atoms with Crippen molar-refractivity contribution in [3.63, 3.8) is 0 Å². The van der Waals surface area contributed by atoms with Gasteiger partial charge in [-0.1, -0.05) is 89.3 Å². The van der Waals surface area contributed by atoms with E-state index in [9.17, 15) is 13.2 Å². The Morgan fingerprint density at radius 1 is 0.853 bits per heavy atom. The van der Waals surface area contributed by atoms with Gasteiger partial charge in [0.1, 0.15) is 11.6 Å². The molecule has 0 aromatic heterocycles. The normalized spacial score (nSPS) is 14.2. The highest BCUT2D eigenvalue weighted by molar-refractivity contribution is 7.89. The molecule has 0 unspecified atom stereocenters. The average molecular weight is 504 g/mol. The molecule has 7 heteroatoms. The Hall–Kier alpha value is -1.96. The lowest BCUT2D eigenvalue weighted by Crippen LogP contribution is -2.49. The van der Waals surface area contributed by atoms with Crippen molar-refractivity contribution in [2.24, 2.45) is 5.92 Å². The van der Waals surface area contributed by atoms with Crippen LogP contribution in [0.4, 0.5) is 0 Å². The highest BCUT2D eigenvalue weighted by Gasteiger charge is 2.36. The van der Waals surface area contributed by atoms with E-state index in [4.69, 9.17) is 4.74 Å². The van der Waals surface area contributed by atoms with E-state index in [1.807, 2.05) is 0 Å². The Morgan fingerprint density at radius 2 is 1.29 bits per heavy atom. The summed E-state index contributed by atoms with van der Waals surface area (Å²) in [5.74, 6) is -0.840. The highest BCUT2D eigenvalue weighted by Crippen LogP contribution is 2.35. The van der Waals surface area contributed by atoms with Crippen LogP contribution in [0.15, 0.2) is 53.4 Å². The first kappa shape index (κ1) is 28.3. The number of ether oxygens (including phenoxy) is 1. The summed E-state index contributed by atoms with van der Waals surface area (Å²) in [5, 5.41) is 1.65. The van der Waals surface area contributed by atoms with Gasteiger partial charge in [-0.25, -0.2) is 8.42 Å². The molecule has 0 spiro atoms. The summed E-state index contributed by atoms with van der Waals surface area (Å²) in [5.41, 5.74) is 1.28. The molecular weight excluding hydrogens is 462 g/mol. The third-order valence-corrected chi connectivity index (χ3v) is 13.6. The molecule has 2 aromatic carbocycles. The van der Waals surface area contributed by atoms with Gasteiger partial charge in [-0.05, 0) is 55.0 Å². The van der Waals surface area contributed by atoms with Gasteiger partial charge >= 0.3 is 5.97 Å². The van der Waals surface area contributed by atoms with Crippen LogP contribution in [0.25, 0.3) is 11.1 Å². The van der Waals surface area contributed by atoms with Crippen molar-refractivity contribution < 1.29 is 17.9 Å².